The molecule has 0 saturated carbocycles. The summed E-state index contributed by atoms with van der Waals surface area (Å²) in [5.41, 5.74) is 1.28. The van der Waals surface area contributed by atoms with Gasteiger partial charge in [0.1, 0.15) is 0 Å². The van der Waals surface area contributed by atoms with Crippen molar-refractivity contribution < 1.29 is 0 Å². The molecule has 1 aliphatic rings. The smallest absolute Gasteiger partial charge is 0.0196 e. The molecule has 0 aliphatic carbocycles. The van der Waals surface area contributed by atoms with Crippen molar-refractivity contribution >= 4 is 6.08 Å². The fourth-order valence-electron chi connectivity index (χ4n) is 2.24. The largest absolute Gasteiger partial charge is 0.311 e. The fraction of sp³-hybridized carbons (Fsp3) is 0.467. The van der Waals surface area contributed by atoms with Gasteiger partial charge in [0.25, 0.3) is 0 Å². The van der Waals surface area contributed by atoms with Crippen LogP contribution in [0.2, 0.25) is 0 Å². The first-order valence-corrected chi connectivity index (χ1v) is 6.45. The van der Waals surface area contributed by atoms with Crippen molar-refractivity contribution in [1.29, 1.82) is 0 Å². The highest BCUT2D eigenvalue weighted by Gasteiger charge is 2.20. The Balaban J connectivity index is 1.87. The van der Waals surface area contributed by atoms with Gasteiger partial charge >= 0.3 is 0 Å². The maximum atomic E-state index is 3.50. The van der Waals surface area contributed by atoms with Crippen LogP contribution < -0.4 is 5.32 Å². The molecule has 17 heavy (non-hydrogen) atoms. The van der Waals surface area contributed by atoms with Crippen LogP contribution in [0.3, 0.4) is 0 Å². The lowest BCUT2D eigenvalue weighted by Gasteiger charge is -2.36. The highest BCUT2D eigenvalue weighted by Crippen LogP contribution is 2.07. The average Bonchev–Trinajstić information content (AvgIpc) is 2.35. The van der Waals surface area contributed by atoms with Crippen LogP contribution in [0.5, 0.6) is 0 Å². The summed E-state index contributed by atoms with van der Waals surface area (Å²) in [6.45, 7) is 7.82. The second-order valence-corrected chi connectivity index (χ2v) is 4.93. The molecule has 1 heterocycles. The van der Waals surface area contributed by atoms with E-state index < -0.39 is 0 Å². The molecule has 2 rings (SSSR count). The van der Waals surface area contributed by atoms with Gasteiger partial charge in [-0.25, -0.2) is 0 Å². The van der Waals surface area contributed by atoms with Crippen molar-refractivity contribution in [2.24, 2.45) is 0 Å². The van der Waals surface area contributed by atoms with Crippen molar-refractivity contribution in [2.75, 3.05) is 19.6 Å². The lowest BCUT2D eigenvalue weighted by molar-refractivity contribution is 0.163. The molecule has 92 valence electrons. The maximum absolute atomic E-state index is 3.50. The van der Waals surface area contributed by atoms with E-state index in [1.165, 1.54) is 5.56 Å². The predicted molar refractivity (Wildman–Crippen MR) is 74.0 cm³/mol. The molecule has 0 unspecified atom stereocenters. The zero-order valence-electron chi connectivity index (χ0n) is 10.8. The van der Waals surface area contributed by atoms with E-state index in [4.69, 9.17) is 0 Å². The molecule has 1 aliphatic heterocycles. The minimum atomic E-state index is 0.608. The highest BCUT2D eigenvalue weighted by molar-refractivity contribution is 5.48. The van der Waals surface area contributed by atoms with Crippen LogP contribution in [0, 0.1) is 0 Å². The van der Waals surface area contributed by atoms with E-state index in [0.29, 0.717) is 12.1 Å². The molecule has 2 atom stereocenters. The zero-order valence-corrected chi connectivity index (χ0v) is 10.8. The van der Waals surface area contributed by atoms with Crippen molar-refractivity contribution in [3.05, 3.63) is 42.0 Å². The van der Waals surface area contributed by atoms with Gasteiger partial charge in [0, 0.05) is 31.7 Å². The lowest BCUT2D eigenvalue weighted by Crippen LogP contribution is -2.54. The Bertz CT molecular complexity index is 358. The molecule has 1 saturated heterocycles. The van der Waals surface area contributed by atoms with Crippen LogP contribution in [0.25, 0.3) is 6.08 Å². The number of hydrogen-bond acceptors (Lipinski definition) is 2. The minimum absolute atomic E-state index is 0.608. The van der Waals surface area contributed by atoms with Crippen LogP contribution in [0.4, 0.5) is 0 Å². The number of benzene rings is 1. The molecule has 0 spiro atoms. The van der Waals surface area contributed by atoms with E-state index in [2.05, 4.69) is 66.5 Å². The number of piperazine rings is 1. The van der Waals surface area contributed by atoms with Gasteiger partial charge in [-0.15, -0.1) is 0 Å². The number of nitrogens with one attached hydrogen (secondary N) is 1. The predicted octanol–water partition coefficient (Wildman–Crippen LogP) is 2.38. The lowest BCUT2D eigenvalue weighted by atomic mass is 10.1. The van der Waals surface area contributed by atoms with E-state index >= 15 is 0 Å². The fourth-order valence-corrected chi connectivity index (χ4v) is 2.24. The molecule has 0 aromatic heterocycles. The number of nitrogens with zero attached hydrogens (tertiary/aromatic N) is 1. The Morgan fingerprint density at radius 2 is 2.06 bits per heavy atom. The Labute approximate surface area is 104 Å². The average molecular weight is 230 g/mol. The standard InChI is InChI=1S/C15H22N2/c1-13-12-17(14(2)11-16-13)10-6-9-15-7-4-3-5-8-15/h3-9,13-14,16H,10-12H2,1-2H3/t13-,14-/m0/s1. The van der Waals surface area contributed by atoms with E-state index in [0.717, 1.165) is 19.6 Å². The first-order chi connectivity index (χ1) is 8.25. The van der Waals surface area contributed by atoms with Crippen LogP contribution in [0.15, 0.2) is 36.4 Å². The molecule has 0 radical (unpaired) electrons. The molecule has 1 aromatic rings. The van der Waals surface area contributed by atoms with Crippen molar-refractivity contribution in [1.82, 2.24) is 10.2 Å². The minimum Gasteiger partial charge on any atom is -0.311 e. The van der Waals surface area contributed by atoms with Crippen molar-refractivity contribution in [3.63, 3.8) is 0 Å². The zero-order chi connectivity index (χ0) is 12.1. The maximum Gasteiger partial charge on any atom is 0.0196 e. The van der Waals surface area contributed by atoms with E-state index in [1.807, 2.05) is 0 Å². The SMILES string of the molecule is C[C@H]1CN(CC=Cc2ccccc2)[C@@H](C)CN1. The van der Waals surface area contributed by atoms with Gasteiger partial charge < -0.3 is 5.32 Å². The summed E-state index contributed by atoms with van der Waals surface area (Å²) in [5, 5.41) is 3.50. The summed E-state index contributed by atoms with van der Waals surface area (Å²) in [7, 11) is 0. The Morgan fingerprint density at radius 3 is 2.82 bits per heavy atom. The topological polar surface area (TPSA) is 15.3 Å². The monoisotopic (exact) mass is 230 g/mol. The molecule has 2 heteroatoms. The van der Waals surface area contributed by atoms with Gasteiger partial charge in [-0.3, -0.25) is 4.90 Å². The number of rotatable bonds is 3. The first-order valence-electron chi connectivity index (χ1n) is 6.45. The molecule has 1 N–H and O–H groups in total. The van der Waals surface area contributed by atoms with Gasteiger partial charge in [-0.1, -0.05) is 42.5 Å². The Hall–Kier alpha value is -1.12. The summed E-state index contributed by atoms with van der Waals surface area (Å²) < 4.78 is 0. The van der Waals surface area contributed by atoms with Crippen LogP contribution in [-0.2, 0) is 0 Å². The second-order valence-electron chi connectivity index (χ2n) is 4.93. The van der Waals surface area contributed by atoms with Gasteiger partial charge in [-0.05, 0) is 19.4 Å². The van der Waals surface area contributed by atoms with Gasteiger partial charge in [0.15, 0.2) is 0 Å². The molecule has 1 fully saturated rings. The first kappa shape index (κ1) is 12.3. The van der Waals surface area contributed by atoms with Crippen molar-refractivity contribution in [2.45, 2.75) is 25.9 Å². The third-order valence-electron chi connectivity index (χ3n) is 3.34. The Morgan fingerprint density at radius 1 is 1.29 bits per heavy atom. The summed E-state index contributed by atoms with van der Waals surface area (Å²) in [6.07, 6.45) is 4.48. The molecule has 0 bridgehead atoms. The molecular formula is C15H22N2. The van der Waals surface area contributed by atoms with Gasteiger partial charge in [0.05, 0.1) is 0 Å². The molecule has 0 amide bonds. The van der Waals surface area contributed by atoms with Crippen molar-refractivity contribution in [3.8, 4) is 0 Å². The summed E-state index contributed by atoms with van der Waals surface area (Å²) >= 11 is 0. The van der Waals surface area contributed by atoms with E-state index in [9.17, 15) is 0 Å². The van der Waals surface area contributed by atoms with Crippen LogP contribution in [0.1, 0.15) is 19.4 Å². The van der Waals surface area contributed by atoms with Gasteiger partial charge in [-0.2, -0.15) is 0 Å². The van der Waals surface area contributed by atoms with E-state index in [-0.39, 0.29) is 0 Å². The normalized spacial score (nSPS) is 26.5. The highest BCUT2D eigenvalue weighted by atomic mass is 15.2. The van der Waals surface area contributed by atoms with E-state index in [1.54, 1.807) is 0 Å². The van der Waals surface area contributed by atoms with Crippen LogP contribution in [-0.4, -0.2) is 36.6 Å². The number of hydrogen-bond donors (Lipinski definition) is 1. The second kappa shape index (κ2) is 5.99. The Kier molecular flexibility index (Phi) is 4.35. The third-order valence-corrected chi connectivity index (χ3v) is 3.34. The summed E-state index contributed by atoms with van der Waals surface area (Å²) in [5.74, 6) is 0. The van der Waals surface area contributed by atoms with Crippen LogP contribution >= 0.6 is 0 Å². The molecule has 1 aromatic carbocycles. The quantitative estimate of drug-likeness (QED) is 0.857. The summed E-state index contributed by atoms with van der Waals surface area (Å²) in [6, 6.07) is 11.7. The third kappa shape index (κ3) is 3.69. The molecule has 2 nitrogen and oxygen atoms in total. The summed E-state index contributed by atoms with van der Waals surface area (Å²) in [4.78, 5) is 2.53. The molecular weight excluding hydrogens is 208 g/mol. The van der Waals surface area contributed by atoms with Gasteiger partial charge in [0.2, 0.25) is 0 Å².